The number of likely N-dealkylation sites (N-methyl/N-ethyl adjacent to an activating group) is 1. The molecule has 2 aliphatic heterocycles. The van der Waals surface area contributed by atoms with E-state index >= 15 is 0 Å². The number of hydrogen-bond donors (Lipinski definition) is 1. The highest BCUT2D eigenvalue weighted by molar-refractivity contribution is 8.16. The molecule has 190 valence electrons. The van der Waals surface area contributed by atoms with Crippen molar-refractivity contribution in [3.8, 4) is 11.5 Å². The van der Waals surface area contributed by atoms with Crippen LogP contribution in [0, 0.1) is 0 Å². The van der Waals surface area contributed by atoms with E-state index in [0.29, 0.717) is 35.9 Å². The van der Waals surface area contributed by atoms with E-state index in [4.69, 9.17) is 14.5 Å². The normalized spacial score (nSPS) is 17.9. The Hall–Kier alpha value is -2.94. The number of carbonyl (C=O) groups is 2. The van der Waals surface area contributed by atoms with E-state index in [1.54, 1.807) is 19.1 Å². The number of amidine groups is 1. The summed E-state index contributed by atoms with van der Waals surface area (Å²) >= 11 is 1.46. The summed E-state index contributed by atoms with van der Waals surface area (Å²) in [5, 5.41) is 5.73. The van der Waals surface area contributed by atoms with Crippen molar-refractivity contribution >= 4 is 28.7 Å². The first-order valence-corrected chi connectivity index (χ1v) is 12.9. The molecule has 0 unspecified atom stereocenters. The molecule has 2 heterocycles. The zero-order chi connectivity index (χ0) is 25.7. The van der Waals surface area contributed by atoms with E-state index in [1.807, 2.05) is 63.1 Å². The van der Waals surface area contributed by atoms with Crippen molar-refractivity contribution in [2.75, 3.05) is 27.3 Å². The van der Waals surface area contributed by atoms with Crippen molar-refractivity contribution < 1.29 is 19.1 Å². The fourth-order valence-electron chi connectivity index (χ4n) is 4.26. The number of methoxy groups -OCH3 is 2. The van der Waals surface area contributed by atoms with E-state index in [0.717, 1.165) is 22.8 Å². The smallest absolute Gasteiger partial charge is 0.254 e. The number of rotatable bonds is 10. The molecule has 1 aromatic carbocycles. The third-order valence-electron chi connectivity index (χ3n) is 6.37. The van der Waals surface area contributed by atoms with Crippen LogP contribution in [0.25, 0.3) is 0 Å². The first-order chi connectivity index (χ1) is 16.8. The lowest BCUT2D eigenvalue weighted by molar-refractivity contribution is -0.127. The van der Waals surface area contributed by atoms with Crippen LogP contribution < -0.4 is 14.8 Å². The van der Waals surface area contributed by atoms with Gasteiger partial charge in [0.15, 0.2) is 5.17 Å². The molecule has 0 aromatic heterocycles. The fourth-order valence-corrected chi connectivity index (χ4v) is 5.23. The maximum absolute atomic E-state index is 13.8. The molecule has 2 amide bonds. The van der Waals surface area contributed by atoms with Gasteiger partial charge in [0.05, 0.1) is 38.0 Å². The zero-order valence-electron chi connectivity index (χ0n) is 21.7. The van der Waals surface area contributed by atoms with Gasteiger partial charge in [-0.3, -0.25) is 9.59 Å². The van der Waals surface area contributed by atoms with Crippen molar-refractivity contribution in [3.63, 3.8) is 0 Å². The quantitative estimate of drug-likeness (QED) is 0.511. The van der Waals surface area contributed by atoms with Crippen molar-refractivity contribution in [3.05, 3.63) is 46.1 Å². The van der Waals surface area contributed by atoms with Crippen molar-refractivity contribution in [1.82, 2.24) is 15.1 Å². The maximum atomic E-state index is 13.8. The molecular weight excluding hydrogens is 464 g/mol. The van der Waals surface area contributed by atoms with Crippen LogP contribution in [-0.4, -0.2) is 60.1 Å². The Bertz CT molecular complexity index is 1060. The van der Waals surface area contributed by atoms with Gasteiger partial charge in [-0.1, -0.05) is 18.7 Å². The fraction of sp³-hybridized carbons (Fsp3) is 0.500. The Morgan fingerprint density at radius 2 is 1.91 bits per heavy atom. The van der Waals surface area contributed by atoms with E-state index in [1.165, 1.54) is 11.8 Å². The average molecular weight is 501 g/mol. The molecule has 0 fully saturated rings. The summed E-state index contributed by atoms with van der Waals surface area (Å²) in [5.74, 6) is 1.15. The Morgan fingerprint density at radius 1 is 1.20 bits per heavy atom. The molecule has 8 nitrogen and oxygen atoms in total. The molecular formula is C26H36N4O4S. The Kier molecular flexibility index (Phi) is 8.88. The Labute approximate surface area is 212 Å². The Morgan fingerprint density at radius 3 is 2.51 bits per heavy atom. The number of thioether (sulfide) groups is 1. The van der Waals surface area contributed by atoms with Gasteiger partial charge in [-0.05, 0) is 57.7 Å². The van der Waals surface area contributed by atoms with E-state index in [-0.39, 0.29) is 24.3 Å². The number of allylic oxidation sites excluding steroid dienone is 1. The molecule has 0 spiro atoms. The summed E-state index contributed by atoms with van der Waals surface area (Å²) in [5.41, 5.74) is 2.81. The molecule has 1 aromatic rings. The lowest BCUT2D eigenvalue weighted by Gasteiger charge is -2.38. The highest BCUT2D eigenvalue weighted by Gasteiger charge is 2.42. The first-order valence-electron chi connectivity index (χ1n) is 12.0. The van der Waals surface area contributed by atoms with Crippen LogP contribution in [-0.2, 0) is 9.59 Å². The summed E-state index contributed by atoms with van der Waals surface area (Å²) in [4.78, 5) is 35.2. The van der Waals surface area contributed by atoms with Crippen LogP contribution in [0.15, 0.2) is 45.6 Å². The summed E-state index contributed by atoms with van der Waals surface area (Å²) in [6.07, 6.45) is 1.04. The predicted molar refractivity (Wildman–Crippen MR) is 140 cm³/mol. The van der Waals surface area contributed by atoms with Gasteiger partial charge in [0.1, 0.15) is 11.5 Å². The molecule has 3 rings (SSSR count). The lowest BCUT2D eigenvalue weighted by Crippen LogP contribution is -2.42. The van der Waals surface area contributed by atoms with Gasteiger partial charge in [-0.25, -0.2) is 4.99 Å². The van der Waals surface area contributed by atoms with Crippen molar-refractivity contribution in [1.29, 1.82) is 0 Å². The third kappa shape index (κ3) is 5.50. The number of nitrogens with one attached hydrogen (secondary N) is 1. The van der Waals surface area contributed by atoms with Gasteiger partial charge in [-0.15, -0.1) is 0 Å². The largest absolute Gasteiger partial charge is 0.497 e. The number of amides is 2. The summed E-state index contributed by atoms with van der Waals surface area (Å²) in [6.45, 7) is 11.0. The highest BCUT2D eigenvalue weighted by atomic mass is 32.2. The zero-order valence-corrected chi connectivity index (χ0v) is 22.5. The minimum Gasteiger partial charge on any atom is -0.497 e. The number of carbonyl (C=O) groups excluding carboxylic acids is 2. The Balaban J connectivity index is 2.14. The van der Waals surface area contributed by atoms with Crippen LogP contribution in [0.1, 0.15) is 59.1 Å². The van der Waals surface area contributed by atoms with Gasteiger partial charge < -0.3 is 24.6 Å². The average Bonchev–Trinajstić information content (AvgIpc) is 3.24. The number of aliphatic imine (C=N–C) groups is 1. The van der Waals surface area contributed by atoms with E-state index in [9.17, 15) is 9.59 Å². The van der Waals surface area contributed by atoms with Gasteiger partial charge in [0, 0.05) is 30.4 Å². The molecule has 0 aliphatic carbocycles. The molecule has 0 saturated heterocycles. The third-order valence-corrected chi connectivity index (χ3v) is 7.26. The lowest BCUT2D eigenvalue weighted by atomic mass is 9.91. The number of ether oxygens (including phenoxy) is 2. The summed E-state index contributed by atoms with van der Waals surface area (Å²) in [6, 6.07) is 5.14. The number of nitrogens with zero attached hydrogens (tertiary/aromatic N) is 3. The maximum Gasteiger partial charge on any atom is 0.254 e. The molecule has 0 radical (unpaired) electrons. The molecule has 35 heavy (non-hydrogen) atoms. The number of fused-ring (bicyclic) bond motifs is 1. The van der Waals surface area contributed by atoms with Gasteiger partial charge in [-0.2, -0.15) is 0 Å². The molecule has 2 aliphatic rings. The van der Waals surface area contributed by atoms with E-state index in [2.05, 4.69) is 5.32 Å². The molecule has 0 bridgehead atoms. The molecule has 9 heteroatoms. The second kappa shape index (κ2) is 11.7. The first kappa shape index (κ1) is 26.7. The van der Waals surface area contributed by atoms with Crippen LogP contribution in [0.2, 0.25) is 0 Å². The van der Waals surface area contributed by atoms with Crippen LogP contribution in [0.3, 0.4) is 0 Å². The van der Waals surface area contributed by atoms with Gasteiger partial charge >= 0.3 is 0 Å². The van der Waals surface area contributed by atoms with Crippen molar-refractivity contribution in [2.45, 2.75) is 59.5 Å². The number of benzene rings is 1. The van der Waals surface area contributed by atoms with Crippen molar-refractivity contribution in [2.24, 2.45) is 4.99 Å². The monoisotopic (exact) mass is 500 g/mol. The summed E-state index contributed by atoms with van der Waals surface area (Å²) < 4.78 is 11.2. The highest BCUT2D eigenvalue weighted by Crippen LogP contribution is 2.47. The molecule has 0 saturated carbocycles. The number of hydrogen-bond acceptors (Lipinski definition) is 7. The minimum atomic E-state index is -0.515. The molecule has 1 N–H and O–H groups in total. The second-order valence-corrected chi connectivity index (χ2v) is 9.37. The minimum absolute atomic E-state index is 0.0632. The van der Waals surface area contributed by atoms with Crippen LogP contribution >= 0.6 is 11.8 Å². The topological polar surface area (TPSA) is 83.5 Å². The predicted octanol–water partition coefficient (Wildman–Crippen LogP) is 4.45. The standard InChI is InChI=1S/C26H36N4O4S/c1-8-16(4)27-22(31)13-18-15-35-26-28-17(5)23(25(32)29(9-2)10-3)24(30(18)26)20-14-19(33-6)11-12-21(20)34-7/h11-12,14-16,24H,8-10,13H2,1-7H3,(H,27,31)/t16-,24-/m1/s1. The van der Waals surface area contributed by atoms with Gasteiger partial charge in [0.25, 0.3) is 5.91 Å². The summed E-state index contributed by atoms with van der Waals surface area (Å²) in [7, 11) is 3.22. The van der Waals surface area contributed by atoms with Crippen LogP contribution in [0.4, 0.5) is 0 Å². The van der Waals surface area contributed by atoms with E-state index < -0.39 is 6.04 Å². The van der Waals surface area contributed by atoms with Gasteiger partial charge in [0.2, 0.25) is 5.91 Å². The van der Waals surface area contributed by atoms with Crippen LogP contribution in [0.5, 0.6) is 11.5 Å². The second-order valence-electron chi connectivity index (χ2n) is 8.53. The SMILES string of the molecule is CC[C@@H](C)NC(=O)CC1=CSC2=NC(C)=C(C(=O)N(CC)CC)[C@@H](c3cc(OC)ccc3OC)N12. The molecule has 2 atom stereocenters.